The number of halogens is 1. The first-order chi connectivity index (χ1) is 9.69. The molecule has 0 radical (unpaired) electrons. The second-order valence-electron chi connectivity index (χ2n) is 5.39. The number of benzene rings is 1. The number of hydrogen-bond acceptors (Lipinski definition) is 4. The molecule has 0 bridgehead atoms. The largest absolute Gasteiger partial charge is 0.397 e. The minimum absolute atomic E-state index is 0.0164. The van der Waals surface area contributed by atoms with Crippen LogP contribution in [0.1, 0.15) is 26.7 Å². The van der Waals surface area contributed by atoms with Gasteiger partial charge in [-0.1, -0.05) is 13.8 Å². The second-order valence-corrected chi connectivity index (χ2v) is 7.62. The van der Waals surface area contributed by atoms with Crippen LogP contribution in [-0.4, -0.2) is 25.8 Å². The van der Waals surface area contributed by atoms with Crippen LogP contribution >= 0.6 is 0 Å². The second kappa shape index (κ2) is 7.40. The van der Waals surface area contributed by atoms with Crippen molar-refractivity contribution in [2.75, 3.05) is 22.6 Å². The van der Waals surface area contributed by atoms with Gasteiger partial charge in [0.15, 0.2) is 9.84 Å². The highest BCUT2D eigenvalue weighted by Gasteiger charge is 2.14. The van der Waals surface area contributed by atoms with E-state index in [0.29, 0.717) is 5.69 Å². The lowest BCUT2D eigenvalue weighted by molar-refractivity contribution is -0.116. The lowest BCUT2D eigenvalue weighted by Crippen LogP contribution is -2.18. The SMILES string of the molecule is CC(C)CS(=O)(=O)CCCC(=O)Nc1ccc(F)cc1N. The standard InChI is InChI=1S/C14H21FN2O3S/c1-10(2)9-21(19,20)7-3-4-14(18)17-13-6-5-11(15)8-12(13)16/h5-6,8,10H,3-4,7,9,16H2,1-2H3,(H,17,18). The van der Waals surface area contributed by atoms with Crippen molar-refractivity contribution < 1.29 is 17.6 Å². The number of nitrogens with two attached hydrogens (primary N) is 1. The monoisotopic (exact) mass is 316 g/mol. The first-order valence-electron chi connectivity index (χ1n) is 6.75. The average Bonchev–Trinajstić information content (AvgIpc) is 2.30. The molecule has 0 aliphatic rings. The van der Waals surface area contributed by atoms with Crippen LogP contribution in [0.3, 0.4) is 0 Å². The van der Waals surface area contributed by atoms with Gasteiger partial charge in [-0.2, -0.15) is 0 Å². The van der Waals surface area contributed by atoms with Crippen LogP contribution in [0, 0.1) is 11.7 Å². The van der Waals surface area contributed by atoms with Gasteiger partial charge in [-0.25, -0.2) is 12.8 Å². The number of carbonyl (C=O) groups excluding carboxylic acids is 1. The zero-order chi connectivity index (χ0) is 16.0. The summed E-state index contributed by atoms with van der Waals surface area (Å²) in [6, 6.07) is 3.68. The molecule has 0 fully saturated rings. The number of nitrogens with one attached hydrogen (secondary N) is 1. The zero-order valence-corrected chi connectivity index (χ0v) is 13.0. The lowest BCUT2D eigenvalue weighted by atomic mass is 10.2. The van der Waals surface area contributed by atoms with E-state index in [4.69, 9.17) is 5.73 Å². The van der Waals surface area contributed by atoms with Gasteiger partial charge >= 0.3 is 0 Å². The summed E-state index contributed by atoms with van der Waals surface area (Å²) in [4.78, 5) is 11.7. The van der Waals surface area contributed by atoms with Crippen LogP contribution in [0.4, 0.5) is 15.8 Å². The molecular weight excluding hydrogens is 295 g/mol. The normalized spacial score (nSPS) is 11.6. The number of nitrogen functional groups attached to an aromatic ring is 1. The van der Waals surface area contributed by atoms with Crippen molar-refractivity contribution >= 4 is 27.1 Å². The van der Waals surface area contributed by atoms with Crippen molar-refractivity contribution in [3.8, 4) is 0 Å². The first kappa shape index (κ1) is 17.4. The number of hydrogen-bond donors (Lipinski definition) is 2. The molecule has 0 atom stereocenters. The van der Waals surface area contributed by atoms with Crippen molar-refractivity contribution in [3.05, 3.63) is 24.0 Å². The van der Waals surface area contributed by atoms with E-state index in [1.165, 1.54) is 12.1 Å². The Kier molecular flexibility index (Phi) is 6.14. The molecule has 1 rings (SSSR count). The summed E-state index contributed by atoms with van der Waals surface area (Å²) in [5.74, 6) is -0.641. The summed E-state index contributed by atoms with van der Waals surface area (Å²) in [5.41, 5.74) is 6.03. The third kappa shape index (κ3) is 6.57. The van der Waals surface area contributed by atoms with Crippen LogP contribution in [-0.2, 0) is 14.6 Å². The van der Waals surface area contributed by atoms with Crippen molar-refractivity contribution in [1.29, 1.82) is 0 Å². The van der Waals surface area contributed by atoms with Gasteiger partial charge in [0.1, 0.15) is 5.82 Å². The van der Waals surface area contributed by atoms with Crippen molar-refractivity contribution in [2.45, 2.75) is 26.7 Å². The number of anilines is 2. The van der Waals surface area contributed by atoms with E-state index in [9.17, 15) is 17.6 Å². The summed E-state index contributed by atoms with van der Waals surface area (Å²) in [6.07, 6.45) is 0.329. The first-order valence-corrected chi connectivity index (χ1v) is 8.57. The molecule has 0 unspecified atom stereocenters. The molecule has 21 heavy (non-hydrogen) atoms. The van der Waals surface area contributed by atoms with Gasteiger partial charge in [0.25, 0.3) is 0 Å². The van der Waals surface area contributed by atoms with Gasteiger partial charge < -0.3 is 11.1 Å². The van der Waals surface area contributed by atoms with E-state index in [-0.39, 0.29) is 41.9 Å². The summed E-state index contributed by atoms with van der Waals surface area (Å²) in [7, 11) is -3.12. The molecule has 0 spiro atoms. The van der Waals surface area contributed by atoms with Crippen molar-refractivity contribution in [1.82, 2.24) is 0 Å². The zero-order valence-electron chi connectivity index (χ0n) is 12.2. The molecule has 0 saturated carbocycles. The Balaban J connectivity index is 2.45. The summed E-state index contributed by atoms with van der Waals surface area (Å²) >= 11 is 0. The maximum absolute atomic E-state index is 12.9. The van der Waals surface area contributed by atoms with E-state index < -0.39 is 15.7 Å². The fourth-order valence-corrected chi connectivity index (χ4v) is 3.67. The third-order valence-corrected chi connectivity index (χ3v) is 4.82. The highest BCUT2D eigenvalue weighted by atomic mass is 32.2. The molecule has 118 valence electrons. The highest BCUT2D eigenvalue weighted by Crippen LogP contribution is 2.19. The maximum Gasteiger partial charge on any atom is 0.224 e. The minimum atomic E-state index is -3.12. The van der Waals surface area contributed by atoms with Gasteiger partial charge in [-0.15, -0.1) is 0 Å². The summed E-state index contributed by atoms with van der Waals surface area (Å²) in [5, 5.41) is 2.54. The van der Waals surface area contributed by atoms with Crippen LogP contribution in [0.15, 0.2) is 18.2 Å². The van der Waals surface area contributed by atoms with Crippen LogP contribution < -0.4 is 11.1 Å². The molecule has 7 heteroatoms. The fourth-order valence-electron chi connectivity index (χ4n) is 1.90. The highest BCUT2D eigenvalue weighted by molar-refractivity contribution is 7.91. The molecular formula is C14H21FN2O3S. The van der Waals surface area contributed by atoms with E-state index in [1.807, 2.05) is 13.8 Å². The van der Waals surface area contributed by atoms with Gasteiger partial charge in [0.05, 0.1) is 22.9 Å². The van der Waals surface area contributed by atoms with Crippen molar-refractivity contribution in [3.63, 3.8) is 0 Å². The third-order valence-electron chi connectivity index (χ3n) is 2.73. The molecule has 0 aliphatic carbocycles. The molecule has 1 aromatic rings. The van der Waals surface area contributed by atoms with Crippen molar-refractivity contribution in [2.24, 2.45) is 5.92 Å². The molecule has 0 aliphatic heterocycles. The molecule has 1 aromatic carbocycles. The summed E-state index contributed by atoms with van der Waals surface area (Å²) in [6.45, 7) is 3.67. The van der Waals surface area contributed by atoms with E-state index in [2.05, 4.69) is 5.32 Å². The Morgan fingerprint density at radius 2 is 2.05 bits per heavy atom. The Morgan fingerprint density at radius 1 is 1.38 bits per heavy atom. The number of sulfone groups is 1. The molecule has 1 amide bonds. The number of amides is 1. The average molecular weight is 316 g/mol. The predicted octanol–water partition coefficient (Wildman–Crippen LogP) is 2.20. The molecule has 3 N–H and O–H groups in total. The van der Waals surface area contributed by atoms with Crippen LogP contribution in [0.25, 0.3) is 0 Å². The Hall–Kier alpha value is -1.63. The molecule has 5 nitrogen and oxygen atoms in total. The Morgan fingerprint density at radius 3 is 2.62 bits per heavy atom. The van der Waals surface area contributed by atoms with Crippen LogP contribution in [0.2, 0.25) is 0 Å². The predicted molar refractivity (Wildman–Crippen MR) is 82.2 cm³/mol. The number of rotatable bonds is 7. The molecule has 0 saturated heterocycles. The minimum Gasteiger partial charge on any atom is -0.397 e. The Labute approximate surface area is 124 Å². The van der Waals surface area contributed by atoms with E-state index >= 15 is 0 Å². The van der Waals surface area contributed by atoms with Gasteiger partial charge in [0.2, 0.25) is 5.91 Å². The van der Waals surface area contributed by atoms with Gasteiger partial charge in [-0.05, 0) is 30.5 Å². The molecule has 0 heterocycles. The fraction of sp³-hybridized carbons (Fsp3) is 0.500. The topological polar surface area (TPSA) is 89.3 Å². The maximum atomic E-state index is 12.9. The summed E-state index contributed by atoms with van der Waals surface area (Å²) < 4.78 is 36.2. The quantitative estimate of drug-likeness (QED) is 0.755. The molecule has 0 aromatic heterocycles. The number of carbonyl (C=O) groups is 1. The van der Waals surface area contributed by atoms with E-state index in [1.54, 1.807) is 0 Å². The lowest BCUT2D eigenvalue weighted by Gasteiger charge is -2.09. The van der Waals surface area contributed by atoms with Gasteiger partial charge in [-0.3, -0.25) is 4.79 Å². The van der Waals surface area contributed by atoms with Crippen LogP contribution in [0.5, 0.6) is 0 Å². The van der Waals surface area contributed by atoms with E-state index in [0.717, 1.165) is 6.07 Å². The van der Waals surface area contributed by atoms with Gasteiger partial charge in [0, 0.05) is 6.42 Å². The Bertz CT molecular complexity index is 600. The smallest absolute Gasteiger partial charge is 0.224 e.